The van der Waals surface area contributed by atoms with Gasteiger partial charge < -0.3 is 15.0 Å². The molecule has 0 amide bonds. The Bertz CT molecular complexity index is 448. The van der Waals surface area contributed by atoms with Gasteiger partial charge in [-0.15, -0.1) is 0 Å². The van der Waals surface area contributed by atoms with Gasteiger partial charge >= 0.3 is 0 Å². The maximum Gasteiger partial charge on any atom is 0.125 e. The third kappa shape index (κ3) is 3.14. The van der Waals surface area contributed by atoms with E-state index in [1.807, 2.05) is 19.3 Å². The van der Waals surface area contributed by atoms with Crippen LogP contribution in [-0.2, 0) is 4.74 Å². The van der Waals surface area contributed by atoms with Gasteiger partial charge in [0.1, 0.15) is 5.82 Å². The Morgan fingerprint density at radius 2 is 1.86 bits per heavy atom. The Morgan fingerprint density at radius 1 is 1.14 bits per heavy atom. The lowest BCUT2D eigenvalue weighted by Crippen LogP contribution is -2.56. The maximum atomic E-state index is 5.48. The lowest BCUT2D eigenvalue weighted by molar-refractivity contribution is -0.0248. The molecule has 2 aliphatic rings. The Kier molecular flexibility index (Phi) is 4.31. The fraction of sp³-hybridized carbons (Fsp3) is 0.688. The fourth-order valence-corrected chi connectivity index (χ4v) is 3.39. The van der Waals surface area contributed by atoms with E-state index in [9.17, 15) is 0 Å². The number of anilines is 2. The van der Waals surface area contributed by atoms with Crippen LogP contribution >= 0.6 is 0 Å². The molecule has 2 aliphatic heterocycles. The zero-order valence-electron chi connectivity index (χ0n) is 13.1. The van der Waals surface area contributed by atoms with Crippen molar-refractivity contribution in [3.05, 3.63) is 18.3 Å². The molecule has 0 radical (unpaired) electrons. The first-order chi connectivity index (χ1) is 10.2. The van der Waals surface area contributed by atoms with Crippen molar-refractivity contribution in [2.24, 2.45) is 0 Å². The molecule has 0 aromatic carbocycles. The zero-order chi connectivity index (χ0) is 14.7. The third-order valence-electron chi connectivity index (χ3n) is 4.98. The molecule has 1 aromatic rings. The largest absolute Gasteiger partial charge is 0.379 e. The molecular formula is C16H26N4O. The van der Waals surface area contributed by atoms with E-state index in [-0.39, 0.29) is 0 Å². The smallest absolute Gasteiger partial charge is 0.125 e. The summed E-state index contributed by atoms with van der Waals surface area (Å²) in [6, 6.07) is 4.21. The van der Waals surface area contributed by atoms with Gasteiger partial charge in [-0.1, -0.05) is 0 Å². The molecule has 5 heteroatoms. The molecule has 0 bridgehead atoms. The summed E-state index contributed by atoms with van der Waals surface area (Å²) < 4.78 is 5.48. The molecule has 5 nitrogen and oxygen atoms in total. The highest BCUT2D eigenvalue weighted by molar-refractivity contribution is 5.49. The average Bonchev–Trinajstić information content (AvgIpc) is 2.57. The molecule has 21 heavy (non-hydrogen) atoms. The van der Waals surface area contributed by atoms with E-state index in [0.717, 1.165) is 45.2 Å². The van der Waals surface area contributed by atoms with Gasteiger partial charge in [-0.3, -0.25) is 4.90 Å². The van der Waals surface area contributed by atoms with Crippen LogP contribution in [0, 0.1) is 0 Å². The van der Waals surface area contributed by atoms with Crippen LogP contribution in [0.25, 0.3) is 0 Å². The van der Waals surface area contributed by atoms with Gasteiger partial charge in [0.15, 0.2) is 0 Å². The summed E-state index contributed by atoms with van der Waals surface area (Å²) in [5, 5.41) is 3.07. The Balaban J connectivity index is 1.61. The number of piperidine rings is 1. The van der Waals surface area contributed by atoms with Crippen LogP contribution in [0.4, 0.5) is 11.5 Å². The van der Waals surface area contributed by atoms with Crippen LogP contribution in [0.15, 0.2) is 18.3 Å². The van der Waals surface area contributed by atoms with Crippen LogP contribution in [0.5, 0.6) is 0 Å². The summed E-state index contributed by atoms with van der Waals surface area (Å²) in [7, 11) is 1.90. The molecule has 2 fully saturated rings. The molecular weight excluding hydrogens is 264 g/mol. The van der Waals surface area contributed by atoms with Crippen molar-refractivity contribution in [2.45, 2.75) is 25.3 Å². The third-order valence-corrected chi connectivity index (χ3v) is 4.98. The average molecular weight is 290 g/mol. The Hall–Kier alpha value is -1.33. The van der Waals surface area contributed by atoms with E-state index in [2.05, 4.69) is 33.1 Å². The highest BCUT2D eigenvalue weighted by Crippen LogP contribution is 2.31. The first-order valence-electron chi connectivity index (χ1n) is 7.93. The maximum absolute atomic E-state index is 5.48. The number of hydrogen-bond donors (Lipinski definition) is 1. The minimum atomic E-state index is 0.332. The van der Waals surface area contributed by atoms with Crippen LogP contribution < -0.4 is 10.2 Å². The first-order valence-corrected chi connectivity index (χ1v) is 7.93. The topological polar surface area (TPSA) is 40.6 Å². The lowest BCUT2D eigenvalue weighted by Gasteiger charge is -2.48. The van der Waals surface area contributed by atoms with Crippen molar-refractivity contribution in [2.75, 3.05) is 56.7 Å². The van der Waals surface area contributed by atoms with Gasteiger partial charge in [0.05, 0.1) is 25.1 Å². The lowest BCUT2D eigenvalue weighted by atomic mass is 9.87. The molecule has 1 aromatic heterocycles. The van der Waals surface area contributed by atoms with E-state index < -0.39 is 0 Å². The van der Waals surface area contributed by atoms with E-state index in [1.54, 1.807) is 0 Å². The van der Waals surface area contributed by atoms with Crippen molar-refractivity contribution in [1.82, 2.24) is 9.88 Å². The van der Waals surface area contributed by atoms with Crippen molar-refractivity contribution >= 4 is 11.5 Å². The summed E-state index contributed by atoms with van der Waals surface area (Å²) in [6.45, 7) is 8.55. The molecule has 3 heterocycles. The number of aromatic nitrogens is 1. The SMILES string of the molecule is CNc1ccc(N2CCC(C)(N3CCOCC3)CC2)cn1. The van der Waals surface area contributed by atoms with E-state index in [0.29, 0.717) is 5.54 Å². The first kappa shape index (κ1) is 14.6. The summed E-state index contributed by atoms with van der Waals surface area (Å²) in [6.07, 6.45) is 4.39. The van der Waals surface area contributed by atoms with Crippen LogP contribution in [-0.4, -0.2) is 61.9 Å². The number of nitrogens with one attached hydrogen (secondary N) is 1. The molecule has 0 aliphatic carbocycles. The van der Waals surface area contributed by atoms with Crippen molar-refractivity contribution < 1.29 is 4.74 Å². The molecule has 3 rings (SSSR count). The van der Waals surface area contributed by atoms with Gasteiger partial charge in [-0.05, 0) is 31.9 Å². The van der Waals surface area contributed by atoms with Gasteiger partial charge in [0, 0.05) is 38.8 Å². The number of hydrogen-bond acceptors (Lipinski definition) is 5. The van der Waals surface area contributed by atoms with Gasteiger partial charge in [0.2, 0.25) is 0 Å². The fourth-order valence-electron chi connectivity index (χ4n) is 3.39. The molecule has 0 spiro atoms. The molecule has 0 unspecified atom stereocenters. The van der Waals surface area contributed by atoms with E-state index in [1.165, 1.54) is 18.5 Å². The highest BCUT2D eigenvalue weighted by Gasteiger charge is 2.36. The minimum absolute atomic E-state index is 0.332. The second kappa shape index (κ2) is 6.20. The number of ether oxygens (including phenoxy) is 1. The predicted octanol–water partition coefficient (Wildman–Crippen LogP) is 1.81. The monoisotopic (exact) mass is 290 g/mol. The van der Waals surface area contributed by atoms with Gasteiger partial charge in [-0.2, -0.15) is 0 Å². The Labute approximate surface area is 127 Å². The van der Waals surface area contributed by atoms with Crippen LogP contribution in [0.1, 0.15) is 19.8 Å². The normalized spacial score (nSPS) is 23.0. The second-order valence-electron chi connectivity index (χ2n) is 6.24. The van der Waals surface area contributed by atoms with Crippen molar-refractivity contribution in [3.8, 4) is 0 Å². The summed E-state index contributed by atoms with van der Waals surface area (Å²) in [5.74, 6) is 0.925. The molecule has 0 saturated carbocycles. The minimum Gasteiger partial charge on any atom is -0.379 e. The molecule has 2 saturated heterocycles. The van der Waals surface area contributed by atoms with E-state index >= 15 is 0 Å². The summed E-state index contributed by atoms with van der Waals surface area (Å²) in [5.41, 5.74) is 1.57. The predicted molar refractivity (Wildman–Crippen MR) is 86.0 cm³/mol. The van der Waals surface area contributed by atoms with Crippen molar-refractivity contribution in [1.29, 1.82) is 0 Å². The number of pyridine rings is 1. The highest BCUT2D eigenvalue weighted by atomic mass is 16.5. The molecule has 0 atom stereocenters. The summed E-state index contributed by atoms with van der Waals surface area (Å²) >= 11 is 0. The second-order valence-corrected chi connectivity index (χ2v) is 6.24. The van der Waals surface area contributed by atoms with E-state index in [4.69, 9.17) is 4.74 Å². The standard InChI is InChI=1S/C16H26N4O/c1-16(20-9-11-21-12-10-20)5-7-19(8-6-16)14-3-4-15(17-2)18-13-14/h3-4,13H,5-12H2,1-2H3,(H,17,18). The van der Waals surface area contributed by atoms with Gasteiger partial charge in [0.25, 0.3) is 0 Å². The number of morpholine rings is 1. The Morgan fingerprint density at radius 3 is 2.43 bits per heavy atom. The quantitative estimate of drug-likeness (QED) is 0.919. The van der Waals surface area contributed by atoms with Crippen LogP contribution in [0.3, 0.4) is 0 Å². The summed E-state index contributed by atoms with van der Waals surface area (Å²) in [4.78, 5) is 9.49. The zero-order valence-corrected chi connectivity index (χ0v) is 13.1. The number of nitrogens with zero attached hydrogens (tertiary/aromatic N) is 3. The van der Waals surface area contributed by atoms with Gasteiger partial charge in [-0.25, -0.2) is 4.98 Å². The molecule has 116 valence electrons. The molecule has 1 N–H and O–H groups in total. The van der Waals surface area contributed by atoms with Crippen LogP contribution in [0.2, 0.25) is 0 Å². The van der Waals surface area contributed by atoms with Crippen molar-refractivity contribution in [3.63, 3.8) is 0 Å². The number of rotatable bonds is 3.